The Kier molecular flexibility index (Phi) is 7.16. The molecule has 3 rings (SSSR count). The van der Waals surface area contributed by atoms with Crippen LogP contribution in [0.25, 0.3) is 0 Å². The number of carbonyl (C=O) groups excluding carboxylic acids is 2. The van der Waals surface area contributed by atoms with Crippen molar-refractivity contribution < 1.29 is 9.59 Å². The van der Waals surface area contributed by atoms with Gasteiger partial charge in [-0.25, -0.2) is 4.79 Å². The normalized spacial score (nSPS) is 14.6. The minimum Gasteiger partial charge on any atom is -0.349 e. The molecule has 0 atom stereocenters. The van der Waals surface area contributed by atoms with Crippen molar-refractivity contribution in [3.8, 4) is 0 Å². The second-order valence-corrected chi connectivity index (χ2v) is 7.66. The number of likely N-dealkylation sites (tertiary alicyclic amines) is 1. The highest BCUT2D eigenvalue weighted by atomic mass is 32.2. The van der Waals surface area contributed by atoms with E-state index >= 15 is 0 Å². The van der Waals surface area contributed by atoms with E-state index in [9.17, 15) is 9.59 Å². The molecule has 0 saturated carbocycles. The van der Waals surface area contributed by atoms with Crippen molar-refractivity contribution in [2.75, 3.05) is 25.4 Å². The smallest absolute Gasteiger partial charge is 0.317 e. The Balaban J connectivity index is 1.33. The maximum Gasteiger partial charge on any atom is 0.317 e. The van der Waals surface area contributed by atoms with Crippen LogP contribution in [0, 0.1) is 0 Å². The minimum atomic E-state index is -0.0450. The van der Waals surface area contributed by atoms with Gasteiger partial charge in [-0.2, -0.15) is 0 Å². The Bertz CT molecular complexity index is 732. The lowest BCUT2D eigenvalue weighted by Crippen LogP contribution is -2.49. The topological polar surface area (TPSA) is 61.4 Å². The predicted octanol–water partition coefficient (Wildman–Crippen LogP) is 3.38. The molecule has 1 heterocycles. The average molecular weight is 384 g/mol. The zero-order valence-corrected chi connectivity index (χ0v) is 16.1. The van der Waals surface area contributed by atoms with Gasteiger partial charge in [-0.15, -0.1) is 11.8 Å². The molecule has 5 nitrogen and oxygen atoms in total. The van der Waals surface area contributed by atoms with E-state index in [0.29, 0.717) is 25.2 Å². The van der Waals surface area contributed by atoms with Crippen molar-refractivity contribution in [1.29, 1.82) is 0 Å². The molecule has 0 spiro atoms. The second kappa shape index (κ2) is 10.0. The summed E-state index contributed by atoms with van der Waals surface area (Å²) >= 11 is 1.73. The summed E-state index contributed by atoms with van der Waals surface area (Å²) in [5.74, 6) is 0.802. The average Bonchev–Trinajstić information content (AvgIpc) is 2.73. The fourth-order valence-electron chi connectivity index (χ4n) is 3.04. The first-order valence-electron chi connectivity index (χ1n) is 9.29. The van der Waals surface area contributed by atoms with Gasteiger partial charge < -0.3 is 15.5 Å². The van der Waals surface area contributed by atoms with E-state index in [4.69, 9.17) is 0 Å². The molecule has 27 heavy (non-hydrogen) atoms. The zero-order valence-electron chi connectivity index (χ0n) is 15.3. The van der Waals surface area contributed by atoms with Gasteiger partial charge in [-0.05, 0) is 37.1 Å². The maximum absolute atomic E-state index is 12.3. The van der Waals surface area contributed by atoms with Gasteiger partial charge in [0.25, 0.3) is 5.91 Å². The third-order valence-corrected chi connectivity index (χ3v) is 5.56. The van der Waals surface area contributed by atoms with E-state index in [1.54, 1.807) is 11.8 Å². The lowest BCUT2D eigenvalue weighted by Gasteiger charge is -2.32. The standard InChI is InChI=1S/C21H25N3O2S/c25-20(17-7-3-1-4-8-17)23-18-11-14-24(15-12-18)21(26)22-13-16-27-19-9-5-2-6-10-19/h1-10,18H,11-16H2,(H,22,26)(H,23,25). The molecule has 6 heteroatoms. The number of urea groups is 1. The van der Waals surface area contributed by atoms with Gasteiger partial charge >= 0.3 is 6.03 Å². The van der Waals surface area contributed by atoms with Gasteiger partial charge in [-0.3, -0.25) is 4.79 Å². The van der Waals surface area contributed by atoms with Gasteiger partial charge in [0.2, 0.25) is 0 Å². The summed E-state index contributed by atoms with van der Waals surface area (Å²) in [7, 11) is 0. The maximum atomic E-state index is 12.3. The largest absolute Gasteiger partial charge is 0.349 e. The Hall–Kier alpha value is -2.47. The first-order chi connectivity index (χ1) is 13.2. The molecule has 1 saturated heterocycles. The molecular weight excluding hydrogens is 358 g/mol. The van der Waals surface area contributed by atoms with Crippen LogP contribution in [0.5, 0.6) is 0 Å². The summed E-state index contributed by atoms with van der Waals surface area (Å²) in [5, 5.41) is 6.05. The Morgan fingerprint density at radius 2 is 1.59 bits per heavy atom. The quantitative estimate of drug-likeness (QED) is 0.594. The van der Waals surface area contributed by atoms with E-state index in [2.05, 4.69) is 22.8 Å². The van der Waals surface area contributed by atoms with Crippen molar-refractivity contribution in [2.24, 2.45) is 0 Å². The van der Waals surface area contributed by atoms with Crippen LogP contribution in [-0.4, -0.2) is 48.3 Å². The summed E-state index contributed by atoms with van der Waals surface area (Å²) in [6.45, 7) is 1.97. The fourth-order valence-corrected chi connectivity index (χ4v) is 3.83. The van der Waals surface area contributed by atoms with Crippen LogP contribution in [-0.2, 0) is 0 Å². The van der Waals surface area contributed by atoms with E-state index < -0.39 is 0 Å². The number of rotatable bonds is 6. The monoisotopic (exact) mass is 383 g/mol. The van der Waals surface area contributed by atoms with Crippen LogP contribution in [0.3, 0.4) is 0 Å². The third-order valence-electron chi connectivity index (χ3n) is 4.54. The summed E-state index contributed by atoms with van der Waals surface area (Å²) in [6, 6.07) is 19.5. The summed E-state index contributed by atoms with van der Waals surface area (Å²) in [5.41, 5.74) is 0.675. The molecular formula is C21H25N3O2S. The van der Waals surface area contributed by atoms with Crippen LogP contribution in [0.15, 0.2) is 65.6 Å². The number of amides is 3. The molecule has 2 aromatic carbocycles. The number of hydrogen-bond donors (Lipinski definition) is 2. The number of piperidine rings is 1. The van der Waals surface area contributed by atoms with Crippen molar-refractivity contribution in [3.63, 3.8) is 0 Å². The van der Waals surface area contributed by atoms with Crippen LogP contribution < -0.4 is 10.6 Å². The molecule has 2 N–H and O–H groups in total. The Morgan fingerprint density at radius 3 is 2.26 bits per heavy atom. The van der Waals surface area contributed by atoms with Crippen molar-refractivity contribution in [1.82, 2.24) is 15.5 Å². The molecule has 0 radical (unpaired) electrons. The highest BCUT2D eigenvalue weighted by molar-refractivity contribution is 7.99. The molecule has 1 aliphatic heterocycles. The molecule has 0 aliphatic carbocycles. The highest BCUT2D eigenvalue weighted by Gasteiger charge is 2.23. The lowest BCUT2D eigenvalue weighted by molar-refractivity contribution is 0.0918. The Morgan fingerprint density at radius 1 is 0.963 bits per heavy atom. The number of thioether (sulfide) groups is 1. The van der Waals surface area contributed by atoms with E-state index in [1.165, 1.54) is 4.90 Å². The van der Waals surface area contributed by atoms with Crippen molar-refractivity contribution in [3.05, 3.63) is 66.2 Å². The number of carbonyl (C=O) groups is 2. The van der Waals surface area contributed by atoms with E-state index in [1.807, 2.05) is 53.4 Å². The Labute approximate surface area is 164 Å². The summed E-state index contributed by atoms with van der Waals surface area (Å²) in [6.07, 6.45) is 1.56. The number of nitrogens with zero attached hydrogens (tertiary/aromatic N) is 1. The number of benzene rings is 2. The first kappa shape index (κ1) is 19.3. The molecule has 1 fully saturated rings. The van der Waals surface area contributed by atoms with Crippen LogP contribution in [0.1, 0.15) is 23.2 Å². The van der Waals surface area contributed by atoms with Gasteiger partial charge in [0.05, 0.1) is 0 Å². The minimum absolute atomic E-state index is 0.0171. The van der Waals surface area contributed by atoms with Gasteiger partial charge in [0, 0.05) is 41.9 Å². The second-order valence-electron chi connectivity index (χ2n) is 6.49. The van der Waals surface area contributed by atoms with E-state index in [0.717, 1.165) is 18.6 Å². The summed E-state index contributed by atoms with van der Waals surface area (Å²) < 4.78 is 0. The third kappa shape index (κ3) is 6.03. The molecule has 0 aromatic heterocycles. The van der Waals surface area contributed by atoms with Crippen LogP contribution in [0.4, 0.5) is 4.79 Å². The zero-order chi connectivity index (χ0) is 18.9. The van der Waals surface area contributed by atoms with Gasteiger partial charge in [0.15, 0.2) is 0 Å². The molecule has 3 amide bonds. The SMILES string of the molecule is O=C(NC1CCN(C(=O)NCCSc2ccccc2)CC1)c1ccccc1. The van der Waals surface area contributed by atoms with Crippen LogP contribution >= 0.6 is 11.8 Å². The molecule has 142 valence electrons. The van der Waals surface area contributed by atoms with Crippen LogP contribution in [0.2, 0.25) is 0 Å². The summed E-state index contributed by atoms with van der Waals surface area (Å²) in [4.78, 5) is 27.5. The first-order valence-corrected chi connectivity index (χ1v) is 10.3. The van der Waals surface area contributed by atoms with Gasteiger partial charge in [-0.1, -0.05) is 36.4 Å². The molecule has 0 unspecified atom stereocenters. The molecule has 1 aliphatic rings. The number of hydrogen-bond acceptors (Lipinski definition) is 3. The van der Waals surface area contributed by atoms with Crippen molar-refractivity contribution >= 4 is 23.7 Å². The predicted molar refractivity (Wildman–Crippen MR) is 109 cm³/mol. The van der Waals surface area contributed by atoms with Crippen molar-refractivity contribution in [2.45, 2.75) is 23.8 Å². The van der Waals surface area contributed by atoms with E-state index in [-0.39, 0.29) is 18.0 Å². The fraction of sp³-hybridized carbons (Fsp3) is 0.333. The molecule has 0 bridgehead atoms. The highest BCUT2D eigenvalue weighted by Crippen LogP contribution is 2.16. The molecule has 2 aromatic rings. The number of nitrogens with one attached hydrogen (secondary N) is 2. The van der Waals surface area contributed by atoms with Gasteiger partial charge in [0.1, 0.15) is 0 Å². The lowest BCUT2D eigenvalue weighted by atomic mass is 10.0.